The van der Waals surface area contributed by atoms with E-state index in [-0.39, 0.29) is 0 Å². The Labute approximate surface area is 113 Å². The van der Waals surface area contributed by atoms with Gasteiger partial charge in [0.2, 0.25) is 0 Å². The third-order valence-corrected chi connectivity index (χ3v) is 3.09. The first-order valence-electron chi connectivity index (χ1n) is 3.77. The van der Waals surface area contributed by atoms with Crippen LogP contribution in [0.2, 0.25) is 10.0 Å². The van der Waals surface area contributed by atoms with E-state index < -0.39 is 20.8 Å². The van der Waals surface area contributed by atoms with Gasteiger partial charge in [-0.15, -0.1) is 3.63 Å². The summed E-state index contributed by atoms with van der Waals surface area (Å²) < 4.78 is 55.6. The fourth-order valence-electron chi connectivity index (χ4n) is 0.623. The Morgan fingerprint density at radius 2 is 1.50 bits per heavy atom. The van der Waals surface area contributed by atoms with Gasteiger partial charge in [-0.25, -0.2) is 0 Å². The first-order valence-corrected chi connectivity index (χ1v) is 7.26. The van der Waals surface area contributed by atoms with Crippen LogP contribution in [-0.4, -0.2) is 25.9 Å². The van der Waals surface area contributed by atoms with Gasteiger partial charge in [0.05, 0.1) is 10.7 Å². The van der Waals surface area contributed by atoms with E-state index in [4.69, 9.17) is 38.0 Å². The summed E-state index contributed by atoms with van der Waals surface area (Å²) in [4.78, 5) is 0. The van der Waals surface area contributed by atoms with Crippen LogP contribution in [0.1, 0.15) is 0 Å². The largest absolute Gasteiger partial charge is 0.413 e. The summed E-state index contributed by atoms with van der Waals surface area (Å²) in [5.74, 6) is 0. The zero-order valence-corrected chi connectivity index (χ0v) is 11.5. The maximum atomic E-state index is 9.44. The van der Waals surface area contributed by atoms with E-state index in [1.807, 2.05) is 0 Å². The number of nitrogen functional groups attached to an aromatic ring is 1. The van der Waals surface area contributed by atoms with Crippen molar-refractivity contribution in [3.8, 4) is 0 Å². The van der Waals surface area contributed by atoms with E-state index in [0.717, 1.165) is 0 Å². The molecule has 0 amide bonds. The second-order valence-electron chi connectivity index (χ2n) is 2.59. The maximum absolute atomic E-state index is 9.44. The Hall–Kier alpha value is -0.620. The molecule has 0 aliphatic carbocycles. The highest BCUT2D eigenvalue weighted by Crippen LogP contribution is 2.21. The zero-order valence-electron chi connectivity index (χ0n) is 8.32. The molecule has 18 heavy (non-hydrogen) atoms. The van der Waals surface area contributed by atoms with E-state index in [9.17, 15) is 16.8 Å². The van der Waals surface area contributed by atoms with Gasteiger partial charge in [-0.1, -0.05) is 23.2 Å². The monoisotopic (exact) mass is 339 g/mol. The molecule has 0 radical (unpaired) electrons. The Balaban J connectivity index is 0.000000321. The predicted molar refractivity (Wildman–Crippen MR) is 65.1 cm³/mol. The molecule has 0 saturated carbocycles. The van der Waals surface area contributed by atoms with E-state index in [1.54, 1.807) is 18.2 Å². The minimum absolute atomic E-state index is 0.518. The summed E-state index contributed by atoms with van der Waals surface area (Å²) in [7, 11) is -10.2. The average Bonchev–Trinajstić information content (AvgIpc) is 2.06. The van der Waals surface area contributed by atoms with E-state index in [0.29, 0.717) is 15.7 Å². The van der Waals surface area contributed by atoms with Crippen molar-refractivity contribution in [2.75, 3.05) is 5.73 Å². The van der Waals surface area contributed by atoms with Crippen LogP contribution in [0.25, 0.3) is 0 Å². The van der Waals surface area contributed by atoms with E-state index >= 15 is 0 Å². The SMILES string of the molecule is Nc1cc(Cl)ccc1Cl.O=S(=O)(O)OS(=O)(=O)O. The number of nitrogens with two attached hydrogens (primary N) is 1. The van der Waals surface area contributed by atoms with Crippen LogP contribution in [0, 0.1) is 0 Å². The lowest BCUT2D eigenvalue weighted by Crippen LogP contribution is -2.10. The average molecular weight is 340 g/mol. The summed E-state index contributed by atoms with van der Waals surface area (Å²) in [6.45, 7) is 0. The minimum atomic E-state index is -5.12. The van der Waals surface area contributed by atoms with Crippen LogP contribution in [-0.2, 0) is 24.4 Å². The van der Waals surface area contributed by atoms with Crippen molar-refractivity contribution >= 4 is 49.7 Å². The Morgan fingerprint density at radius 3 is 1.72 bits per heavy atom. The summed E-state index contributed by atoms with van der Waals surface area (Å²) in [5.41, 5.74) is 5.92. The van der Waals surface area contributed by atoms with Crippen molar-refractivity contribution in [2.24, 2.45) is 0 Å². The van der Waals surface area contributed by atoms with Gasteiger partial charge >= 0.3 is 20.8 Å². The predicted octanol–water partition coefficient (Wildman–Crippen LogP) is 1.18. The zero-order chi connectivity index (χ0) is 14.6. The number of rotatable bonds is 2. The lowest BCUT2D eigenvalue weighted by Gasteiger charge is -1.95. The van der Waals surface area contributed by atoms with Crippen molar-refractivity contribution in [1.29, 1.82) is 0 Å². The van der Waals surface area contributed by atoms with Crippen LogP contribution >= 0.6 is 23.2 Å². The molecule has 1 rings (SSSR count). The molecule has 0 spiro atoms. The lowest BCUT2D eigenvalue weighted by molar-refractivity contribution is 0.344. The maximum Gasteiger partial charge on any atom is 0.413 e. The van der Waals surface area contributed by atoms with Crippen molar-refractivity contribution < 1.29 is 29.6 Å². The molecule has 4 N–H and O–H groups in total. The van der Waals surface area contributed by atoms with Gasteiger partial charge in [-0.2, -0.15) is 16.8 Å². The second kappa shape index (κ2) is 6.52. The number of halogens is 2. The number of anilines is 1. The quantitative estimate of drug-likeness (QED) is 0.538. The summed E-state index contributed by atoms with van der Waals surface area (Å²) in [6, 6.07) is 4.98. The van der Waals surface area contributed by atoms with Crippen LogP contribution in [0.4, 0.5) is 5.69 Å². The molecular formula is C6H7Cl2NO7S2. The van der Waals surface area contributed by atoms with Gasteiger partial charge in [0.15, 0.2) is 0 Å². The normalized spacial score (nSPS) is 11.6. The number of benzene rings is 1. The van der Waals surface area contributed by atoms with Crippen LogP contribution < -0.4 is 5.73 Å². The fraction of sp³-hybridized carbons (Fsp3) is 0. The number of hydrogen-bond donors (Lipinski definition) is 3. The summed E-state index contributed by atoms with van der Waals surface area (Å²) in [5, 5.41) is 1.15. The molecule has 0 heterocycles. The molecule has 0 aromatic heterocycles. The van der Waals surface area contributed by atoms with Crippen molar-refractivity contribution in [2.45, 2.75) is 0 Å². The fourth-order valence-corrected chi connectivity index (χ4v) is 1.79. The Kier molecular flexibility index (Phi) is 6.29. The molecule has 0 unspecified atom stereocenters. The van der Waals surface area contributed by atoms with Gasteiger partial charge in [0, 0.05) is 5.02 Å². The van der Waals surface area contributed by atoms with Gasteiger partial charge in [0.25, 0.3) is 0 Å². The van der Waals surface area contributed by atoms with Crippen LogP contribution in [0.15, 0.2) is 18.2 Å². The van der Waals surface area contributed by atoms with Crippen LogP contribution in [0.5, 0.6) is 0 Å². The highest BCUT2D eigenvalue weighted by atomic mass is 35.5. The second-order valence-corrected chi connectivity index (χ2v) is 5.69. The summed E-state index contributed by atoms with van der Waals surface area (Å²) >= 11 is 11.2. The van der Waals surface area contributed by atoms with Gasteiger partial charge in [-0.3, -0.25) is 9.11 Å². The molecule has 104 valence electrons. The van der Waals surface area contributed by atoms with Gasteiger partial charge in [-0.05, 0) is 18.2 Å². The number of hydrogen-bond acceptors (Lipinski definition) is 6. The molecule has 0 aliphatic heterocycles. The first-order chi connectivity index (χ1) is 7.91. The molecular weight excluding hydrogens is 333 g/mol. The Morgan fingerprint density at radius 1 is 1.06 bits per heavy atom. The van der Waals surface area contributed by atoms with Crippen LogP contribution in [0.3, 0.4) is 0 Å². The molecule has 0 atom stereocenters. The third-order valence-electron chi connectivity index (χ3n) is 1.13. The summed E-state index contributed by atoms with van der Waals surface area (Å²) in [6.07, 6.45) is 0. The molecule has 8 nitrogen and oxygen atoms in total. The molecule has 0 bridgehead atoms. The van der Waals surface area contributed by atoms with Crippen molar-refractivity contribution in [3.05, 3.63) is 28.2 Å². The molecule has 0 fully saturated rings. The van der Waals surface area contributed by atoms with E-state index in [2.05, 4.69) is 3.63 Å². The minimum Gasteiger partial charge on any atom is -0.397 e. The molecule has 1 aromatic carbocycles. The smallest absolute Gasteiger partial charge is 0.397 e. The standard InChI is InChI=1S/C6H5Cl2N.H2O7S2/c7-4-1-2-5(8)6(9)3-4;1-8(2,3)7-9(4,5)6/h1-3H,9H2;(H,1,2,3)(H,4,5,6). The molecule has 0 saturated heterocycles. The van der Waals surface area contributed by atoms with E-state index in [1.165, 1.54) is 0 Å². The van der Waals surface area contributed by atoms with Crippen molar-refractivity contribution in [3.63, 3.8) is 0 Å². The van der Waals surface area contributed by atoms with Crippen molar-refractivity contribution in [1.82, 2.24) is 0 Å². The first kappa shape index (κ1) is 17.4. The molecule has 0 aliphatic rings. The topological polar surface area (TPSA) is 144 Å². The Bertz CT molecular complexity index is 583. The highest BCUT2D eigenvalue weighted by Gasteiger charge is 2.15. The van der Waals surface area contributed by atoms with Gasteiger partial charge in [0.1, 0.15) is 0 Å². The van der Waals surface area contributed by atoms with Gasteiger partial charge < -0.3 is 5.73 Å². The lowest BCUT2D eigenvalue weighted by atomic mass is 10.3. The molecule has 12 heteroatoms. The third kappa shape index (κ3) is 9.41. The molecule has 1 aromatic rings. The highest BCUT2D eigenvalue weighted by molar-refractivity contribution is 7.94.